The molecule has 5 heteroatoms. The number of aliphatic hydroxyl groups excluding tert-OH is 1. The number of hydrogen-bond donors (Lipinski definition) is 2. The van der Waals surface area contributed by atoms with Crippen molar-refractivity contribution >= 4 is 21.8 Å². The number of halogens is 1. The molecule has 1 unspecified atom stereocenters. The zero-order valence-electron chi connectivity index (χ0n) is 11.5. The number of hydrogen-bond acceptors (Lipinski definition) is 3. The van der Waals surface area contributed by atoms with Crippen LogP contribution in [0.4, 0.5) is 0 Å². The minimum absolute atomic E-state index is 0.198. The van der Waals surface area contributed by atoms with Gasteiger partial charge < -0.3 is 15.2 Å². The van der Waals surface area contributed by atoms with Crippen molar-refractivity contribution < 1.29 is 14.6 Å². The fraction of sp³-hybridized carbons (Fsp3) is 0.188. The Morgan fingerprint density at radius 2 is 2.05 bits per heavy atom. The molecule has 0 fully saturated rings. The highest BCUT2D eigenvalue weighted by molar-refractivity contribution is 9.10. The summed E-state index contributed by atoms with van der Waals surface area (Å²) in [6, 6.07) is 14.4. The van der Waals surface area contributed by atoms with E-state index in [2.05, 4.69) is 21.2 Å². The highest BCUT2D eigenvalue weighted by Gasteiger charge is 2.13. The van der Waals surface area contributed by atoms with Gasteiger partial charge in [0, 0.05) is 11.0 Å². The van der Waals surface area contributed by atoms with Gasteiger partial charge in [-0.1, -0.05) is 34.1 Å². The van der Waals surface area contributed by atoms with E-state index in [1.807, 2.05) is 24.3 Å². The summed E-state index contributed by atoms with van der Waals surface area (Å²) < 4.78 is 6.66. The summed E-state index contributed by atoms with van der Waals surface area (Å²) in [5.41, 5.74) is 0.429. The molecule has 0 heterocycles. The largest absolute Gasteiger partial charge is 0.456 e. The number of ether oxygens (including phenoxy) is 1. The van der Waals surface area contributed by atoms with Gasteiger partial charge in [-0.2, -0.15) is 0 Å². The predicted octanol–water partition coefficient (Wildman–Crippen LogP) is 3.35. The molecule has 0 radical (unpaired) electrons. The Morgan fingerprint density at radius 3 is 2.76 bits per heavy atom. The van der Waals surface area contributed by atoms with E-state index >= 15 is 0 Å². The van der Waals surface area contributed by atoms with E-state index in [1.54, 1.807) is 31.2 Å². The molecule has 0 aliphatic heterocycles. The Morgan fingerprint density at radius 1 is 1.29 bits per heavy atom. The summed E-state index contributed by atoms with van der Waals surface area (Å²) in [4.78, 5) is 12.1. The maximum atomic E-state index is 12.1. The number of para-hydroxylation sites is 1. The molecular weight excluding hydrogens is 334 g/mol. The lowest BCUT2D eigenvalue weighted by Crippen LogP contribution is -2.30. The lowest BCUT2D eigenvalue weighted by molar-refractivity contribution is 0.0921. The van der Waals surface area contributed by atoms with Crippen molar-refractivity contribution in [2.24, 2.45) is 0 Å². The summed E-state index contributed by atoms with van der Waals surface area (Å²) in [5.74, 6) is 0.834. The van der Waals surface area contributed by atoms with E-state index in [-0.39, 0.29) is 12.5 Å². The molecule has 0 aromatic heterocycles. The predicted molar refractivity (Wildman–Crippen MR) is 84.7 cm³/mol. The molecule has 110 valence electrons. The second-order valence-electron chi connectivity index (χ2n) is 4.61. The summed E-state index contributed by atoms with van der Waals surface area (Å²) in [6.45, 7) is 1.81. The maximum Gasteiger partial charge on any atom is 0.255 e. The second-order valence-corrected chi connectivity index (χ2v) is 5.53. The molecule has 0 aliphatic rings. The Labute approximate surface area is 131 Å². The molecule has 21 heavy (non-hydrogen) atoms. The molecule has 2 rings (SSSR count). The molecule has 0 spiro atoms. The number of carbonyl (C=O) groups excluding carboxylic acids is 1. The standard InChI is InChI=1S/C16H16BrNO3/c1-11(19)10-18-16(20)14-7-2-3-8-15(14)21-13-6-4-5-12(17)9-13/h2-9,11,19H,10H2,1H3,(H,18,20). The molecule has 0 aliphatic carbocycles. The summed E-state index contributed by atoms with van der Waals surface area (Å²) >= 11 is 3.38. The Kier molecular flexibility index (Phi) is 5.36. The number of aliphatic hydroxyl groups is 1. The van der Waals surface area contributed by atoms with Crippen LogP contribution >= 0.6 is 15.9 Å². The van der Waals surface area contributed by atoms with Gasteiger partial charge in [-0.05, 0) is 37.3 Å². The van der Waals surface area contributed by atoms with Gasteiger partial charge in [0.25, 0.3) is 5.91 Å². The molecule has 1 amide bonds. The van der Waals surface area contributed by atoms with Crippen LogP contribution in [0.15, 0.2) is 53.0 Å². The molecule has 0 bridgehead atoms. The van der Waals surface area contributed by atoms with Crippen LogP contribution in [0.5, 0.6) is 11.5 Å². The van der Waals surface area contributed by atoms with E-state index < -0.39 is 6.10 Å². The number of carbonyl (C=O) groups is 1. The molecular formula is C16H16BrNO3. The molecule has 4 nitrogen and oxygen atoms in total. The van der Waals surface area contributed by atoms with Crippen molar-refractivity contribution in [1.82, 2.24) is 5.32 Å². The molecule has 1 atom stereocenters. The van der Waals surface area contributed by atoms with Crippen LogP contribution in [0.1, 0.15) is 17.3 Å². The van der Waals surface area contributed by atoms with Gasteiger partial charge in [-0.3, -0.25) is 4.79 Å². The number of amides is 1. The van der Waals surface area contributed by atoms with E-state index in [1.165, 1.54) is 0 Å². The van der Waals surface area contributed by atoms with Gasteiger partial charge >= 0.3 is 0 Å². The Balaban J connectivity index is 2.18. The average molecular weight is 350 g/mol. The number of benzene rings is 2. The van der Waals surface area contributed by atoms with E-state index in [4.69, 9.17) is 4.74 Å². The van der Waals surface area contributed by atoms with Crippen molar-refractivity contribution in [3.8, 4) is 11.5 Å². The summed E-state index contributed by atoms with van der Waals surface area (Å²) in [5, 5.41) is 11.9. The lowest BCUT2D eigenvalue weighted by atomic mass is 10.2. The normalized spacial score (nSPS) is 11.8. The minimum atomic E-state index is -0.591. The van der Waals surface area contributed by atoms with E-state index in [0.29, 0.717) is 17.1 Å². The second kappa shape index (κ2) is 7.24. The first-order valence-corrected chi connectivity index (χ1v) is 7.34. The molecule has 2 aromatic rings. The summed E-state index contributed by atoms with van der Waals surface area (Å²) in [6.07, 6.45) is -0.591. The summed E-state index contributed by atoms with van der Waals surface area (Å²) in [7, 11) is 0. The van der Waals surface area contributed by atoms with Crippen molar-refractivity contribution in [2.75, 3.05) is 6.54 Å². The van der Waals surface area contributed by atoms with Crippen LogP contribution in [0.25, 0.3) is 0 Å². The number of nitrogens with one attached hydrogen (secondary N) is 1. The van der Waals surface area contributed by atoms with Gasteiger partial charge in [-0.25, -0.2) is 0 Å². The van der Waals surface area contributed by atoms with Gasteiger partial charge in [0.2, 0.25) is 0 Å². The average Bonchev–Trinajstić information content (AvgIpc) is 2.45. The quantitative estimate of drug-likeness (QED) is 0.870. The smallest absolute Gasteiger partial charge is 0.255 e. The zero-order chi connectivity index (χ0) is 15.2. The molecule has 0 saturated carbocycles. The van der Waals surface area contributed by atoms with E-state index in [0.717, 1.165) is 4.47 Å². The highest BCUT2D eigenvalue weighted by atomic mass is 79.9. The molecule has 2 N–H and O–H groups in total. The molecule has 0 saturated heterocycles. The molecule has 2 aromatic carbocycles. The topological polar surface area (TPSA) is 58.6 Å². The first kappa shape index (κ1) is 15.5. The maximum absolute atomic E-state index is 12.1. The highest BCUT2D eigenvalue weighted by Crippen LogP contribution is 2.27. The SMILES string of the molecule is CC(O)CNC(=O)c1ccccc1Oc1cccc(Br)c1. The Hall–Kier alpha value is -1.85. The van der Waals surface area contributed by atoms with Gasteiger partial charge in [0.15, 0.2) is 0 Å². The Bertz CT molecular complexity index is 628. The number of rotatable bonds is 5. The first-order chi connectivity index (χ1) is 10.1. The lowest BCUT2D eigenvalue weighted by Gasteiger charge is -2.12. The monoisotopic (exact) mass is 349 g/mol. The fourth-order valence-corrected chi connectivity index (χ4v) is 2.11. The fourth-order valence-electron chi connectivity index (χ4n) is 1.74. The van der Waals surface area contributed by atoms with Crippen LogP contribution in [-0.4, -0.2) is 23.7 Å². The van der Waals surface area contributed by atoms with Crippen LogP contribution in [-0.2, 0) is 0 Å². The minimum Gasteiger partial charge on any atom is -0.456 e. The third kappa shape index (κ3) is 4.58. The van der Waals surface area contributed by atoms with Gasteiger partial charge in [-0.15, -0.1) is 0 Å². The first-order valence-electron chi connectivity index (χ1n) is 6.55. The third-order valence-electron chi connectivity index (χ3n) is 2.71. The van der Waals surface area contributed by atoms with Gasteiger partial charge in [0.05, 0.1) is 11.7 Å². The van der Waals surface area contributed by atoms with Crippen LogP contribution in [0.3, 0.4) is 0 Å². The van der Waals surface area contributed by atoms with Gasteiger partial charge in [0.1, 0.15) is 11.5 Å². The van der Waals surface area contributed by atoms with Crippen molar-refractivity contribution in [3.63, 3.8) is 0 Å². The van der Waals surface area contributed by atoms with Crippen LogP contribution in [0.2, 0.25) is 0 Å². The van der Waals surface area contributed by atoms with Crippen molar-refractivity contribution in [3.05, 3.63) is 58.6 Å². The van der Waals surface area contributed by atoms with Crippen molar-refractivity contribution in [1.29, 1.82) is 0 Å². The van der Waals surface area contributed by atoms with Crippen LogP contribution < -0.4 is 10.1 Å². The van der Waals surface area contributed by atoms with E-state index in [9.17, 15) is 9.90 Å². The van der Waals surface area contributed by atoms with Crippen LogP contribution in [0, 0.1) is 0 Å². The van der Waals surface area contributed by atoms with Crippen molar-refractivity contribution in [2.45, 2.75) is 13.0 Å². The zero-order valence-corrected chi connectivity index (χ0v) is 13.1. The third-order valence-corrected chi connectivity index (χ3v) is 3.21.